The first-order valence-electron chi connectivity index (χ1n) is 8.20. The number of amides is 1. The van der Waals surface area contributed by atoms with Crippen LogP contribution in [0.15, 0.2) is 30.5 Å². The Kier molecular flexibility index (Phi) is 3.84. The lowest BCUT2D eigenvalue weighted by molar-refractivity contribution is 0.0950. The summed E-state index contributed by atoms with van der Waals surface area (Å²) in [6.45, 7) is 1.94. The van der Waals surface area contributed by atoms with Gasteiger partial charge in [0.15, 0.2) is 10.8 Å². The van der Waals surface area contributed by atoms with Crippen LogP contribution in [0, 0.1) is 6.92 Å². The van der Waals surface area contributed by atoms with Crippen molar-refractivity contribution in [1.82, 2.24) is 19.9 Å². The van der Waals surface area contributed by atoms with Crippen molar-refractivity contribution in [2.75, 3.05) is 12.4 Å². The van der Waals surface area contributed by atoms with Crippen LogP contribution < -0.4 is 10.6 Å². The summed E-state index contributed by atoms with van der Waals surface area (Å²) in [5.41, 5.74) is 4.89. The van der Waals surface area contributed by atoms with Gasteiger partial charge in [-0.05, 0) is 37.5 Å². The fourth-order valence-corrected chi connectivity index (χ4v) is 3.07. The fraction of sp³-hybridized carbons (Fsp3) is 0.278. The van der Waals surface area contributed by atoms with E-state index >= 15 is 0 Å². The van der Waals surface area contributed by atoms with Gasteiger partial charge in [-0.1, -0.05) is 17.7 Å². The van der Waals surface area contributed by atoms with E-state index in [1.807, 2.05) is 32.2 Å². The molecule has 0 bridgehead atoms. The first-order valence-corrected chi connectivity index (χ1v) is 8.58. The molecule has 4 rings (SSSR count). The first kappa shape index (κ1) is 15.9. The molecule has 1 amide bonds. The molecule has 7 heteroatoms. The van der Waals surface area contributed by atoms with E-state index < -0.39 is 0 Å². The number of carbonyl (C=O) groups is 1. The molecule has 2 N–H and O–H groups in total. The Labute approximate surface area is 150 Å². The highest BCUT2D eigenvalue weighted by Crippen LogP contribution is 2.27. The first-order chi connectivity index (χ1) is 12.1. The minimum absolute atomic E-state index is 0.0108. The number of aryl methyl sites for hydroxylation is 1. The van der Waals surface area contributed by atoms with E-state index in [-0.39, 0.29) is 5.91 Å². The molecule has 0 radical (unpaired) electrons. The van der Waals surface area contributed by atoms with E-state index in [4.69, 9.17) is 11.6 Å². The van der Waals surface area contributed by atoms with Gasteiger partial charge in [-0.2, -0.15) is 5.10 Å². The number of imidazole rings is 1. The van der Waals surface area contributed by atoms with Crippen molar-refractivity contribution in [3.8, 4) is 11.3 Å². The number of benzene rings is 1. The Morgan fingerprint density at radius 2 is 2.12 bits per heavy atom. The van der Waals surface area contributed by atoms with Crippen LogP contribution in [0.5, 0.6) is 0 Å². The SMILES string of the molecule is CNc1cc(Cl)nn2c(-c3ccc(C(=O)NC4CC4)c(C)c3)cnc12. The number of carbonyl (C=O) groups excluding carboxylic acids is 1. The van der Waals surface area contributed by atoms with Gasteiger partial charge in [-0.15, -0.1) is 0 Å². The predicted octanol–water partition coefficient (Wildman–Crippen LogP) is 3.29. The number of anilines is 1. The number of fused-ring (bicyclic) bond motifs is 1. The molecule has 0 unspecified atom stereocenters. The summed E-state index contributed by atoms with van der Waals surface area (Å²) in [4.78, 5) is 16.7. The van der Waals surface area contributed by atoms with Crippen LogP contribution in [0.25, 0.3) is 16.9 Å². The van der Waals surface area contributed by atoms with E-state index in [1.54, 1.807) is 16.8 Å². The highest BCUT2D eigenvalue weighted by Gasteiger charge is 2.24. The van der Waals surface area contributed by atoms with E-state index in [0.29, 0.717) is 22.4 Å². The number of aromatic nitrogens is 3. The van der Waals surface area contributed by atoms with Crippen molar-refractivity contribution in [3.63, 3.8) is 0 Å². The molecule has 6 nitrogen and oxygen atoms in total. The maximum Gasteiger partial charge on any atom is 0.251 e. The molecular weight excluding hydrogens is 338 g/mol. The lowest BCUT2D eigenvalue weighted by atomic mass is 10.0. The molecule has 128 valence electrons. The molecule has 0 spiro atoms. The van der Waals surface area contributed by atoms with Gasteiger partial charge in [0, 0.05) is 30.3 Å². The Hall–Kier alpha value is -2.60. The van der Waals surface area contributed by atoms with Crippen LogP contribution >= 0.6 is 11.6 Å². The number of nitrogens with one attached hydrogen (secondary N) is 2. The molecule has 1 aliphatic carbocycles. The number of nitrogens with zero attached hydrogens (tertiary/aromatic N) is 3. The van der Waals surface area contributed by atoms with E-state index in [2.05, 4.69) is 20.7 Å². The molecule has 1 saturated carbocycles. The van der Waals surface area contributed by atoms with Crippen LogP contribution in [0.2, 0.25) is 5.15 Å². The Balaban J connectivity index is 1.75. The van der Waals surface area contributed by atoms with Crippen molar-refractivity contribution in [3.05, 3.63) is 46.7 Å². The highest BCUT2D eigenvalue weighted by atomic mass is 35.5. The number of halogens is 1. The summed E-state index contributed by atoms with van der Waals surface area (Å²) >= 11 is 6.12. The standard InChI is InChI=1S/C18H18ClN5O/c1-10-7-11(3-6-13(10)18(25)22-12-4-5-12)15-9-21-17-14(20-2)8-16(19)23-24(15)17/h3,6-9,12,20H,4-5H2,1-2H3,(H,22,25). The molecule has 3 aromatic rings. The van der Waals surface area contributed by atoms with E-state index in [0.717, 1.165) is 35.3 Å². The van der Waals surface area contributed by atoms with Gasteiger partial charge in [0.05, 0.1) is 17.6 Å². The third-order valence-corrected chi connectivity index (χ3v) is 4.57. The van der Waals surface area contributed by atoms with Gasteiger partial charge < -0.3 is 10.6 Å². The summed E-state index contributed by atoms with van der Waals surface area (Å²) < 4.78 is 1.72. The lowest BCUT2D eigenvalue weighted by Gasteiger charge is -2.09. The van der Waals surface area contributed by atoms with Crippen LogP contribution in [0.3, 0.4) is 0 Å². The average molecular weight is 356 g/mol. The maximum absolute atomic E-state index is 12.3. The second-order valence-corrected chi connectivity index (χ2v) is 6.67. The summed E-state index contributed by atoms with van der Waals surface area (Å²) in [6, 6.07) is 7.83. The van der Waals surface area contributed by atoms with Gasteiger partial charge in [-0.3, -0.25) is 4.79 Å². The molecule has 1 fully saturated rings. The molecule has 0 aliphatic heterocycles. The Morgan fingerprint density at radius 1 is 1.32 bits per heavy atom. The summed E-state index contributed by atoms with van der Waals surface area (Å²) in [5.74, 6) is -0.0108. The van der Waals surface area contributed by atoms with Crippen LogP contribution in [0.4, 0.5) is 5.69 Å². The Bertz CT molecular complexity index is 977. The van der Waals surface area contributed by atoms with Crippen LogP contribution in [-0.2, 0) is 0 Å². The topological polar surface area (TPSA) is 71.3 Å². The largest absolute Gasteiger partial charge is 0.385 e. The zero-order valence-corrected chi connectivity index (χ0v) is 14.8. The van der Waals surface area contributed by atoms with Gasteiger partial charge in [0.2, 0.25) is 0 Å². The lowest BCUT2D eigenvalue weighted by Crippen LogP contribution is -2.26. The molecule has 0 atom stereocenters. The number of hydrogen-bond donors (Lipinski definition) is 2. The summed E-state index contributed by atoms with van der Waals surface area (Å²) in [5, 5.41) is 10.8. The van der Waals surface area contributed by atoms with Crippen molar-refractivity contribution in [1.29, 1.82) is 0 Å². The van der Waals surface area contributed by atoms with Crippen LogP contribution in [0.1, 0.15) is 28.8 Å². The minimum Gasteiger partial charge on any atom is -0.385 e. The second-order valence-electron chi connectivity index (χ2n) is 6.29. The van der Waals surface area contributed by atoms with Gasteiger partial charge >= 0.3 is 0 Å². The van der Waals surface area contributed by atoms with Crippen molar-refractivity contribution in [2.45, 2.75) is 25.8 Å². The molecule has 2 heterocycles. The molecule has 0 saturated heterocycles. The summed E-state index contributed by atoms with van der Waals surface area (Å²) in [6.07, 6.45) is 3.91. The van der Waals surface area contributed by atoms with Crippen LogP contribution in [-0.4, -0.2) is 33.6 Å². The third-order valence-electron chi connectivity index (χ3n) is 4.39. The monoisotopic (exact) mass is 355 g/mol. The molecule has 1 aromatic carbocycles. The van der Waals surface area contributed by atoms with E-state index in [1.165, 1.54) is 0 Å². The second kappa shape index (κ2) is 6.04. The fourth-order valence-electron chi connectivity index (χ4n) is 2.89. The molecule has 1 aliphatic rings. The third kappa shape index (κ3) is 2.93. The smallest absolute Gasteiger partial charge is 0.251 e. The highest BCUT2D eigenvalue weighted by molar-refractivity contribution is 6.29. The molecular formula is C18H18ClN5O. The normalized spacial score (nSPS) is 13.9. The number of rotatable bonds is 4. The van der Waals surface area contributed by atoms with Crippen molar-refractivity contribution < 1.29 is 4.79 Å². The van der Waals surface area contributed by atoms with Gasteiger partial charge in [0.25, 0.3) is 5.91 Å². The molecule has 25 heavy (non-hydrogen) atoms. The van der Waals surface area contributed by atoms with Gasteiger partial charge in [0.1, 0.15) is 0 Å². The van der Waals surface area contributed by atoms with Gasteiger partial charge in [-0.25, -0.2) is 9.50 Å². The maximum atomic E-state index is 12.3. The Morgan fingerprint density at radius 3 is 2.80 bits per heavy atom. The van der Waals surface area contributed by atoms with Crippen molar-refractivity contribution >= 4 is 28.8 Å². The number of hydrogen-bond acceptors (Lipinski definition) is 4. The molecule has 2 aromatic heterocycles. The minimum atomic E-state index is -0.0108. The zero-order chi connectivity index (χ0) is 17.6. The average Bonchev–Trinajstić information content (AvgIpc) is 3.30. The zero-order valence-electron chi connectivity index (χ0n) is 14.0. The van der Waals surface area contributed by atoms with E-state index in [9.17, 15) is 4.79 Å². The quantitative estimate of drug-likeness (QED) is 0.753. The van der Waals surface area contributed by atoms with Crippen molar-refractivity contribution in [2.24, 2.45) is 0 Å². The predicted molar refractivity (Wildman–Crippen MR) is 98.2 cm³/mol. The summed E-state index contributed by atoms with van der Waals surface area (Å²) in [7, 11) is 1.82.